The average Bonchev–Trinajstić information content (AvgIpc) is 3.33. The molecule has 0 saturated carbocycles. The Morgan fingerprint density at radius 1 is 1.26 bits per heavy atom. The van der Waals surface area contributed by atoms with Crippen LogP contribution in [0.2, 0.25) is 6.32 Å². The maximum atomic E-state index is 13.7. The number of nitriles is 1. The fourth-order valence-electron chi connectivity index (χ4n) is 4.96. The van der Waals surface area contributed by atoms with E-state index in [-0.39, 0.29) is 25.0 Å². The Labute approximate surface area is 222 Å². The van der Waals surface area contributed by atoms with E-state index in [1.54, 1.807) is 11.0 Å². The molecule has 0 bridgehead atoms. The first kappa shape index (κ1) is 29.5. The van der Waals surface area contributed by atoms with Crippen molar-refractivity contribution in [2.75, 3.05) is 26.2 Å². The minimum Gasteiger partial charge on any atom is -0.447 e. The summed E-state index contributed by atoms with van der Waals surface area (Å²) in [6.45, 7) is 4.76. The minimum absolute atomic E-state index is 0.0398. The molecule has 3 atom stereocenters. The standard InChI is InChI=1S/C26H35BF2N4O5/c1-26(2,32-12-10-21(29)16-32)13-19(15-30)24(34)33-11-4-3-5-22(33)17-38-25(35)31-23(14-27(36)37)18-6-8-20(28)9-7-18/h6-9,13,21-23,36-37H,3-5,10-12,14,16-17H2,1-2H3,(H,31,35)/t21-,22-,23-/m1/s1. The third-order valence-electron chi connectivity index (χ3n) is 7.10. The number of alkyl halides is 1. The van der Waals surface area contributed by atoms with Crippen molar-refractivity contribution in [1.29, 1.82) is 5.26 Å². The number of carbonyl (C=O) groups is 2. The molecule has 1 aromatic rings. The van der Waals surface area contributed by atoms with E-state index in [1.807, 2.05) is 24.8 Å². The maximum Gasteiger partial charge on any atom is 0.453 e. The molecule has 2 amide bonds. The van der Waals surface area contributed by atoms with E-state index in [1.165, 1.54) is 24.3 Å². The summed E-state index contributed by atoms with van der Waals surface area (Å²) in [6.07, 6.45) is 2.14. The van der Waals surface area contributed by atoms with Crippen molar-refractivity contribution in [3.63, 3.8) is 0 Å². The van der Waals surface area contributed by atoms with Gasteiger partial charge in [0, 0.05) is 31.5 Å². The molecule has 3 rings (SSSR count). The molecule has 2 aliphatic heterocycles. The lowest BCUT2D eigenvalue weighted by molar-refractivity contribution is -0.131. The predicted molar refractivity (Wildman–Crippen MR) is 137 cm³/mol. The largest absolute Gasteiger partial charge is 0.453 e. The van der Waals surface area contributed by atoms with Gasteiger partial charge in [-0.25, -0.2) is 13.6 Å². The highest BCUT2D eigenvalue weighted by Gasteiger charge is 2.35. The number of benzene rings is 1. The normalized spacial score (nSPS) is 21.5. The highest BCUT2D eigenvalue weighted by Crippen LogP contribution is 2.27. The van der Waals surface area contributed by atoms with E-state index in [0.29, 0.717) is 31.5 Å². The van der Waals surface area contributed by atoms with Crippen LogP contribution < -0.4 is 5.32 Å². The van der Waals surface area contributed by atoms with Gasteiger partial charge < -0.3 is 25.0 Å². The summed E-state index contributed by atoms with van der Waals surface area (Å²) in [7, 11) is -1.71. The SMILES string of the molecule is CC(C)(C=C(C#N)C(=O)N1CCCC[C@@H]1COC(=O)N[C@H](CB(O)O)c1ccc(F)cc1)N1CC[C@@H](F)C1. The second-order valence-electron chi connectivity index (χ2n) is 10.4. The summed E-state index contributed by atoms with van der Waals surface area (Å²) in [6, 6.07) is 5.97. The van der Waals surface area contributed by atoms with Crippen LogP contribution in [0.3, 0.4) is 0 Å². The Balaban J connectivity index is 1.65. The summed E-state index contributed by atoms with van der Waals surface area (Å²) in [4.78, 5) is 29.4. The zero-order valence-corrected chi connectivity index (χ0v) is 21.8. The molecule has 2 aliphatic rings. The molecule has 0 unspecified atom stereocenters. The molecule has 0 spiro atoms. The van der Waals surface area contributed by atoms with Crippen molar-refractivity contribution in [3.8, 4) is 6.07 Å². The molecule has 2 saturated heterocycles. The minimum atomic E-state index is -1.71. The van der Waals surface area contributed by atoms with E-state index in [9.17, 15) is 33.7 Å². The quantitative estimate of drug-likeness (QED) is 0.254. The molecule has 1 aromatic carbocycles. The number of hydrogen-bond donors (Lipinski definition) is 3. The van der Waals surface area contributed by atoms with Gasteiger partial charge in [-0.05, 0) is 63.3 Å². The van der Waals surface area contributed by atoms with Crippen LogP contribution in [-0.2, 0) is 9.53 Å². The van der Waals surface area contributed by atoms with Gasteiger partial charge in [0.2, 0.25) is 0 Å². The Hall–Kier alpha value is -3.01. The summed E-state index contributed by atoms with van der Waals surface area (Å²) < 4.78 is 32.4. The second-order valence-corrected chi connectivity index (χ2v) is 10.4. The van der Waals surface area contributed by atoms with Crippen molar-refractivity contribution in [1.82, 2.24) is 15.1 Å². The van der Waals surface area contributed by atoms with Crippen LogP contribution in [0, 0.1) is 17.1 Å². The average molecular weight is 532 g/mol. The van der Waals surface area contributed by atoms with Gasteiger partial charge in [-0.3, -0.25) is 9.69 Å². The van der Waals surface area contributed by atoms with Crippen LogP contribution in [0.5, 0.6) is 0 Å². The first-order valence-electron chi connectivity index (χ1n) is 12.9. The van der Waals surface area contributed by atoms with Crippen molar-refractivity contribution in [2.45, 2.75) is 69.6 Å². The number of nitrogens with zero attached hydrogens (tertiary/aromatic N) is 3. The molecule has 2 heterocycles. The summed E-state index contributed by atoms with van der Waals surface area (Å²) in [5.41, 5.74) is -0.257. The van der Waals surface area contributed by atoms with E-state index >= 15 is 0 Å². The van der Waals surface area contributed by atoms with Crippen molar-refractivity contribution >= 4 is 19.1 Å². The van der Waals surface area contributed by atoms with Crippen LogP contribution in [0.25, 0.3) is 0 Å². The van der Waals surface area contributed by atoms with Gasteiger partial charge in [-0.1, -0.05) is 12.1 Å². The van der Waals surface area contributed by atoms with Gasteiger partial charge in [0.1, 0.15) is 30.2 Å². The molecule has 9 nitrogen and oxygen atoms in total. The highest BCUT2D eigenvalue weighted by molar-refractivity contribution is 6.41. The molecular formula is C26H35BF2N4O5. The van der Waals surface area contributed by atoms with Gasteiger partial charge in [0.05, 0.1) is 12.1 Å². The number of nitrogens with one attached hydrogen (secondary N) is 1. The molecule has 0 aliphatic carbocycles. The molecule has 0 aromatic heterocycles. The van der Waals surface area contributed by atoms with Gasteiger partial charge in [-0.2, -0.15) is 5.26 Å². The van der Waals surface area contributed by atoms with Crippen LogP contribution in [0.15, 0.2) is 35.9 Å². The predicted octanol–water partition coefficient (Wildman–Crippen LogP) is 2.72. The number of carbonyl (C=O) groups excluding carboxylic acids is 2. The zero-order chi connectivity index (χ0) is 27.9. The molecule has 0 radical (unpaired) electrons. The summed E-state index contributed by atoms with van der Waals surface area (Å²) in [5, 5.41) is 31.2. The lowest BCUT2D eigenvalue weighted by atomic mass is 9.79. The van der Waals surface area contributed by atoms with Gasteiger partial charge in [0.15, 0.2) is 0 Å². The van der Waals surface area contributed by atoms with Crippen molar-refractivity contribution in [2.24, 2.45) is 0 Å². The van der Waals surface area contributed by atoms with E-state index < -0.39 is 48.7 Å². The molecule has 206 valence electrons. The number of ether oxygens (including phenoxy) is 1. The number of rotatable bonds is 9. The fraction of sp³-hybridized carbons (Fsp3) is 0.577. The molecule has 12 heteroatoms. The van der Waals surface area contributed by atoms with Gasteiger partial charge >= 0.3 is 13.2 Å². The van der Waals surface area contributed by atoms with Gasteiger partial charge in [0.25, 0.3) is 5.91 Å². The summed E-state index contributed by atoms with van der Waals surface area (Å²) in [5.74, 6) is -0.930. The third kappa shape index (κ3) is 8.00. The maximum absolute atomic E-state index is 13.7. The molecule has 2 fully saturated rings. The number of amides is 2. The number of halogens is 2. The first-order valence-corrected chi connectivity index (χ1v) is 12.9. The zero-order valence-electron chi connectivity index (χ0n) is 21.8. The Morgan fingerprint density at radius 2 is 1.97 bits per heavy atom. The van der Waals surface area contributed by atoms with Crippen LogP contribution in [0.1, 0.15) is 51.1 Å². The number of alkyl carbamates (subject to hydrolysis) is 1. The highest BCUT2D eigenvalue weighted by atomic mass is 19.1. The van der Waals surface area contributed by atoms with Crippen molar-refractivity contribution < 1.29 is 33.2 Å². The molecule has 38 heavy (non-hydrogen) atoms. The fourth-order valence-corrected chi connectivity index (χ4v) is 4.96. The van der Waals surface area contributed by atoms with Crippen LogP contribution in [0.4, 0.5) is 13.6 Å². The van der Waals surface area contributed by atoms with Crippen molar-refractivity contribution in [3.05, 3.63) is 47.3 Å². The Bertz CT molecular complexity index is 1050. The lowest BCUT2D eigenvalue weighted by Crippen LogP contribution is -2.48. The van der Waals surface area contributed by atoms with Crippen LogP contribution >= 0.6 is 0 Å². The third-order valence-corrected chi connectivity index (χ3v) is 7.10. The number of piperidine rings is 1. The Kier molecular flexibility index (Phi) is 10.2. The summed E-state index contributed by atoms with van der Waals surface area (Å²) >= 11 is 0. The molecular weight excluding hydrogens is 497 g/mol. The van der Waals surface area contributed by atoms with E-state index in [2.05, 4.69) is 5.32 Å². The number of hydrogen-bond acceptors (Lipinski definition) is 7. The van der Waals surface area contributed by atoms with E-state index in [4.69, 9.17) is 4.74 Å². The number of likely N-dealkylation sites (tertiary alicyclic amines) is 2. The topological polar surface area (TPSA) is 126 Å². The monoisotopic (exact) mass is 532 g/mol. The van der Waals surface area contributed by atoms with E-state index in [0.717, 1.165) is 12.8 Å². The lowest BCUT2D eigenvalue weighted by Gasteiger charge is -2.36. The Morgan fingerprint density at radius 3 is 2.58 bits per heavy atom. The van der Waals surface area contributed by atoms with Gasteiger partial charge in [-0.15, -0.1) is 0 Å². The molecule has 3 N–H and O–H groups in total. The first-order chi connectivity index (χ1) is 18.0. The second kappa shape index (κ2) is 13.2. The van der Waals surface area contributed by atoms with Crippen LogP contribution in [-0.4, -0.2) is 83.0 Å². The smallest absolute Gasteiger partial charge is 0.447 e.